The molecule has 0 atom stereocenters. The van der Waals surface area contributed by atoms with Crippen molar-refractivity contribution < 1.29 is 4.42 Å². The first-order valence-electron chi connectivity index (χ1n) is 5.46. The molecule has 1 N–H and O–H groups in total. The number of nitrogens with one attached hydrogen (secondary N) is 1. The SMILES string of the molecule is CC(C)(C)Cc1nnc(NCc2cscn2)o1. The van der Waals surface area contributed by atoms with Crippen molar-refractivity contribution in [3.63, 3.8) is 0 Å². The molecule has 2 aromatic rings. The lowest BCUT2D eigenvalue weighted by Gasteiger charge is -2.14. The van der Waals surface area contributed by atoms with E-state index in [4.69, 9.17) is 4.42 Å². The Kier molecular flexibility index (Phi) is 3.42. The van der Waals surface area contributed by atoms with Crippen LogP contribution in [0.4, 0.5) is 6.01 Å². The van der Waals surface area contributed by atoms with Gasteiger partial charge in [0.2, 0.25) is 5.89 Å². The van der Waals surface area contributed by atoms with E-state index in [1.54, 1.807) is 16.8 Å². The molecule has 2 rings (SSSR count). The van der Waals surface area contributed by atoms with Gasteiger partial charge in [0.05, 0.1) is 17.7 Å². The summed E-state index contributed by atoms with van der Waals surface area (Å²) in [4.78, 5) is 4.16. The lowest BCUT2D eigenvalue weighted by molar-refractivity contribution is 0.357. The summed E-state index contributed by atoms with van der Waals surface area (Å²) in [5, 5.41) is 13.0. The summed E-state index contributed by atoms with van der Waals surface area (Å²) in [6, 6.07) is 0.456. The highest BCUT2D eigenvalue weighted by molar-refractivity contribution is 7.07. The van der Waals surface area contributed by atoms with Crippen LogP contribution in [0.2, 0.25) is 0 Å². The molecular formula is C11H16N4OS. The average molecular weight is 252 g/mol. The van der Waals surface area contributed by atoms with Crippen molar-refractivity contribution in [3.8, 4) is 0 Å². The number of hydrogen-bond acceptors (Lipinski definition) is 6. The van der Waals surface area contributed by atoms with Gasteiger partial charge in [0.15, 0.2) is 0 Å². The van der Waals surface area contributed by atoms with Gasteiger partial charge in [0.25, 0.3) is 0 Å². The Bertz CT molecular complexity index is 458. The molecule has 0 aromatic carbocycles. The highest BCUT2D eigenvalue weighted by Crippen LogP contribution is 2.20. The molecule has 2 heterocycles. The highest BCUT2D eigenvalue weighted by Gasteiger charge is 2.16. The van der Waals surface area contributed by atoms with Gasteiger partial charge in [0.1, 0.15) is 0 Å². The standard InChI is InChI=1S/C11H16N4OS/c1-11(2,3)4-9-14-15-10(16-9)12-5-8-6-17-7-13-8/h6-7H,4-5H2,1-3H3,(H,12,15). The molecule has 6 heteroatoms. The van der Waals surface area contributed by atoms with Crippen LogP contribution in [-0.2, 0) is 13.0 Å². The second-order valence-electron chi connectivity index (χ2n) is 5.07. The summed E-state index contributed by atoms with van der Waals surface area (Å²) in [5.41, 5.74) is 2.93. The first-order valence-corrected chi connectivity index (χ1v) is 6.40. The van der Waals surface area contributed by atoms with Crippen LogP contribution < -0.4 is 5.32 Å². The molecule has 0 spiro atoms. The molecule has 17 heavy (non-hydrogen) atoms. The number of aromatic nitrogens is 3. The molecule has 0 saturated heterocycles. The predicted octanol–water partition coefficient (Wildman–Crippen LogP) is 2.73. The Morgan fingerprint density at radius 3 is 2.82 bits per heavy atom. The summed E-state index contributed by atoms with van der Waals surface area (Å²) in [6.07, 6.45) is 0.776. The zero-order valence-corrected chi connectivity index (χ0v) is 11.0. The van der Waals surface area contributed by atoms with E-state index in [0.29, 0.717) is 18.5 Å². The zero-order chi connectivity index (χ0) is 12.3. The van der Waals surface area contributed by atoms with Crippen molar-refractivity contribution in [1.82, 2.24) is 15.2 Å². The molecule has 0 bridgehead atoms. The second kappa shape index (κ2) is 4.83. The monoisotopic (exact) mass is 252 g/mol. The largest absolute Gasteiger partial charge is 0.408 e. The molecule has 0 amide bonds. The van der Waals surface area contributed by atoms with E-state index in [1.165, 1.54) is 0 Å². The van der Waals surface area contributed by atoms with Gasteiger partial charge in [-0.05, 0) is 5.41 Å². The van der Waals surface area contributed by atoms with Crippen LogP contribution in [0.1, 0.15) is 32.4 Å². The summed E-state index contributed by atoms with van der Waals surface area (Å²) < 4.78 is 5.50. The Balaban J connectivity index is 1.90. The normalized spacial score (nSPS) is 11.7. The third kappa shape index (κ3) is 3.81. The Morgan fingerprint density at radius 1 is 1.35 bits per heavy atom. The van der Waals surface area contributed by atoms with Gasteiger partial charge in [-0.3, -0.25) is 0 Å². The second-order valence-corrected chi connectivity index (χ2v) is 5.79. The van der Waals surface area contributed by atoms with E-state index in [2.05, 4.69) is 41.3 Å². The predicted molar refractivity (Wildman–Crippen MR) is 66.9 cm³/mol. The van der Waals surface area contributed by atoms with Gasteiger partial charge >= 0.3 is 6.01 Å². The lowest BCUT2D eigenvalue weighted by Crippen LogP contribution is -2.09. The fourth-order valence-corrected chi connectivity index (χ4v) is 1.90. The molecule has 0 aliphatic heterocycles. The summed E-state index contributed by atoms with van der Waals surface area (Å²) in [6.45, 7) is 7.03. The van der Waals surface area contributed by atoms with Crippen LogP contribution in [-0.4, -0.2) is 15.2 Å². The van der Waals surface area contributed by atoms with Crippen LogP contribution in [0, 0.1) is 5.41 Å². The lowest BCUT2D eigenvalue weighted by atomic mass is 9.92. The van der Waals surface area contributed by atoms with Crippen LogP contribution in [0.25, 0.3) is 0 Å². The number of thiazole rings is 1. The van der Waals surface area contributed by atoms with Crippen LogP contribution in [0.3, 0.4) is 0 Å². The summed E-state index contributed by atoms with van der Waals surface area (Å²) in [7, 11) is 0. The van der Waals surface area contributed by atoms with Crippen molar-refractivity contribution in [3.05, 3.63) is 22.5 Å². The molecule has 92 valence electrons. The fourth-order valence-electron chi connectivity index (χ4n) is 1.34. The maximum absolute atomic E-state index is 5.50. The number of rotatable bonds is 4. The van der Waals surface area contributed by atoms with E-state index in [9.17, 15) is 0 Å². The van der Waals surface area contributed by atoms with Crippen molar-refractivity contribution in [1.29, 1.82) is 0 Å². The zero-order valence-electron chi connectivity index (χ0n) is 10.2. The third-order valence-corrected chi connectivity index (χ3v) is 2.69. The van der Waals surface area contributed by atoms with Crippen molar-refractivity contribution >= 4 is 17.4 Å². The Morgan fingerprint density at radius 2 is 2.18 bits per heavy atom. The molecule has 2 aromatic heterocycles. The minimum absolute atomic E-state index is 0.152. The average Bonchev–Trinajstić information content (AvgIpc) is 2.82. The van der Waals surface area contributed by atoms with Crippen LogP contribution in [0.5, 0.6) is 0 Å². The van der Waals surface area contributed by atoms with Gasteiger partial charge in [-0.25, -0.2) is 4.98 Å². The summed E-state index contributed by atoms with van der Waals surface area (Å²) in [5.74, 6) is 0.665. The molecular weight excluding hydrogens is 236 g/mol. The first kappa shape index (κ1) is 12.0. The third-order valence-electron chi connectivity index (χ3n) is 2.05. The van der Waals surface area contributed by atoms with Crippen molar-refractivity contribution in [2.75, 3.05) is 5.32 Å². The Labute approximate surface area is 104 Å². The van der Waals surface area contributed by atoms with Gasteiger partial charge in [-0.2, -0.15) is 0 Å². The van der Waals surface area contributed by atoms with E-state index >= 15 is 0 Å². The number of anilines is 1. The van der Waals surface area contributed by atoms with Crippen LogP contribution in [0.15, 0.2) is 15.3 Å². The highest BCUT2D eigenvalue weighted by atomic mass is 32.1. The quantitative estimate of drug-likeness (QED) is 0.906. The molecule has 0 unspecified atom stereocenters. The van der Waals surface area contributed by atoms with E-state index in [0.717, 1.165) is 12.1 Å². The van der Waals surface area contributed by atoms with Gasteiger partial charge in [-0.15, -0.1) is 16.4 Å². The van der Waals surface area contributed by atoms with Gasteiger partial charge < -0.3 is 9.73 Å². The first-order chi connectivity index (χ1) is 8.03. The van der Waals surface area contributed by atoms with Crippen molar-refractivity contribution in [2.45, 2.75) is 33.7 Å². The van der Waals surface area contributed by atoms with Gasteiger partial charge in [0, 0.05) is 11.8 Å². The minimum Gasteiger partial charge on any atom is -0.408 e. The van der Waals surface area contributed by atoms with Gasteiger partial charge in [-0.1, -0.05) is 25.9 Å². The molecule has 0 aliphatic rings. The van der Waals surface area contributed by atoms with E-state index in [-0.39, 0.29) is 5.41 Å². The maximum atomic E-state index is 5.50. The topological polar surface area (TPSA) is 63.8 Å². The number of hydrogen-bond donors (Lipinski definition) is 1. The van der Waals surface area contributed by atoms with Crippen molar-refractivity contribution in [2.24, 2.45) is 5.41 Å². The molecule has 0 radical (unpaired) electrons. The molecule has 0 fully saturated rings. The molecule has 5 nitrogen and oxygen atoms in total. The van der Waals surface area contributed by atoms with Crippen LogP contribution >= 0.6 is 11.3 Å². The van der Waals surface area contributed by atoms with E-state index < -0.39 is 0 Å². The van der Waals surface area contributed by atoms with E-state index in [1.807, 2.05) is 5.38 Å². The fraction of sp³-hybridized carbons (Fsp3) is 0.545. The number of nitrogens with zero attached hydrogens (tertiary/aromatic N) is 3. The smallest absolute Gasteiger partial charge is 0.315 e. The minimum atomic E-state index is 0.152. The molecule has 0 saturated carbocycles. The molecule has 0 aliphatic carbocycles. The summed E-state index contributed by atoms with van der Waals surface area (Å²) >= 11 is 1.57. The maximum Gasteiger partial charge on any atom is 0.315 e. The Hall–Kier alpha value is -1.43.